The van der Waals surface area contributed by atoms with Gasteiger partial charge in [-0.05, 0) is 43.3 Å². The number of rotatable bonds is 3. The van der Waals surface area contributed by atoms with Crippen molar-refractivity contribution in [1.82, 2.24) is 4.90 Å². The van der Waals surface area contributed by atoms with Crippen molar-refractivity contribution < 1.29 is 9.84 Å². The predicted octanol–water partition coefficient (Wildman–Crippen LogP) is 4.31. The summed E-state index contributed by atoms with van der Waals surface area (Å²) in [4.78, 5) is 2.38. The van der Waals surface area contributed by atoms with E-state index in [0.29, 0.717) is 16.2 Å². The lowest BCUT2D eigenvalue weighted by Gasteiger charge is -2.38. The number of hydrogen-bond acceptors (Lipinski definition) is 3. The van der Waals surface area contributed by atoms with Crippen molar-refractivity contribution in [2.45, 2.75) is 40.2 Å². The number of hydrogen-bond donors (Lipinski definition) is 1. The van der Waals surface area contributed by atoms with Gasteiger partial charge in [0.15, 0.2) is 11.5 Å². The molecule has 0 aliphatic carbocycles. The van der Waals surface area contributed by atoms with Crippen LogP contribution in [0.15, 0.2) is 12.1 Å². The largest absolute Gasteiger partial charge is 0.504 e. The highest BCUT2D eigenvalue weighted by molar-refractivity contribution is 6.30. The van der Waals surface area contributed by atoms with Gasteiger partial charge in [0, 0.05) is 23.2 Å². The van der Waals surface area contributed by atoms with E-state index in [0.717, 1.165) is 31.1 Å². The van der Waals surface area contributed by atoms with Crippen molar-refractivity contribution in [3.8, 4) is 11.5 Å². The zero-order valence-electron chi connectivity index (χ0n) is 13.4. The van der Waals surface area contributed by atoms with Gasteiger partial charge in [0.2, 0.25) is 0 Å². The zero-order chi connectivity index (χ0) is 15.6. The number of nitrogens with zero attached hydrogens (tertiary/aromatic N) is 1. The average molecular weight is 312 g/mol. The molecule has 0 radical (unpaired) electrons. The first-order valence-corrected chi connectivity index (χ1v) is 7.97. The van der Waals surface area contributed by atoms with Gasteiger partial charge in [-0.1, -0.05) is 32.4 Å². The Bertz CT molecular complexity index is 488. The number of ether oxygens (including phenoxy) is 1. The Balaban J connectivity index is 2.03. The minimum atomic E-state index is 0.208. The summed E-state index contributed by atoms with van der Waals surface area (Å²) in [6.07, 6.45) is 2.42. The van der Waals surface area contributed by atoms with E-state index in [1.54, 1.807) is 13.2 Å². The molecule has 21 heavy (non-hydrogen) atoms. The number of aromatic hydroxyl groups is 1. The van der Waals surface area contributed by atoms with Crippen molar-refractivity contribution in [3.63, 3.8) is 0 Å². The molecular weight excluding hydrogens is 286 g/mol. The number of phenols is 1. The summed E-state index contributed by atoms with van der Waals surface area (Å²) < 4.78 is 5.16. The standard InChI is InChI=1S/C17H26ClNO2/c1-17(2,3)13-5-7-19(8-6-13)11-12-9-14(18)10-15(21-4)16(12)20/h9-10,13,20H,5-8,11H2,1-4H3. The summed E-state index contributed by atoms with van der Waals surface area (Å²) in [5, 5.41) is 10.8. The Morgan fingerprint density at radius 1 is 1.29 bits per heavy atom. The second-order valence-electron chi connectivity index (χ2n) is 7.03. The maximum atomic E-state index is 10.2. The van der Waals surface area contributed by atoms with Crippen LogP contribution in [0.2, 0.25) is 5.02 Å². The van der Waals surface area contributed by atoms with Gasteiger partial charge in [0.1, 0.15) is 0 Å². The third-order valence-corrected chi connectivity index (χ3v) is 4.76. The minimum absolute atomic E-state index is 0.208. The molecule has 118 valence electrons. The third kappa shape index (κ3) is 4.04. The molecule has 1 aromatic carbocycles. The molecule has 3 nitrogen and oxygen atoms in total. The first-order chi connectivity index (χ1) is 9.81. The van der Waals surface area contributed by atoms with E-state index in [9.17, 15) is 5.11 Å². The second-order valence-corrected chi connectivity index (χ2v) is 7.47. The fourth-order valence-electron chi connectivity index (χ4n) is 3.10. The molecule has 1 aliphatic rings. The van der Waals surface area contributed by atoms with Crippen molar-refractivity contribution >= 4 is 11.6 Å². The first kappa shape index (κ1) is 16.4. The number of methoxy groups -OCH3 is 1. The molecular formula is C17H26ClNO2. The molecule has 1 saturated heterocycles. The molecule has 4 heteroatoms. The maximum Gasteiger partial charge on any atom is 0.162 e. The molecule has 0 bridgehead atoms. The summed E-state index contributed by atoms with van der Waals surface area (Å²) in [6.45, 7) is 9.81. The highest BCUT2D eigenvalue weighted by Crippen LogP contribution is 2.37. The van der Waals surface area contributed by atoms with Gasteiger partial charge in [0.25, 0.3) is 0 Å². The maximum absolute atomic E-state index is 10.2. The molecule has 2 rings (SSSR count). The van der Waals surface area contributed by atoms with E-state index in [2.05, 4.69) is 25.7 Å². The lowest BCUT2D eigenvalue weighted by molar-refractivity contribution is 0.107. The average Bonchev–Trinajstić information content (AvgIpc) is 2.42. The van der Waals surface area contributed by atoms with Gasteiger partial charge < -0.3 is 9.84 Å². The first-order valence-electron chi connectivity index (χ1n) is 7.59. The summed E-state index contributed by atoms with van der Waals surface area (Å²) in [7, 11) is 1.55. The quantitative estimate of drug-likeness (QED) is 0.902. The van der Waals surface area contributed by atoms with Gasteiger partial charge in [-0.15, -0.1) is 0 Å². The number of piperidine rings is 1. The van der Waals surface area contributed by atoms with Gasteiger partial charge in [-0.25, -0.2) is 0 Å². The lowest BCUT2D eigenvalue weighted by atomic mass is 9.75. The number of halogens is 1. The van der Waals surface area contributed by atoms with Crippen LogP contribution in [0.25, 0.3) is 0 Å². The highest BCUT2D eigenvalue weighted by atomic mass is 35.5. The van der Waals surface area contributed by atoms with Crippen molar-refractivity contribution in [2.24, 2.45) is 11.3 Å². The van der Waals surface area contributed by atoms with Gasteiger partial charge in [-0.3, -0.25) is 4.90 Å². The fraction of sp³-hybridized carbons (Fsp3) is 0.647. The number of phenolic OH excluding ortho intramolecular Hbond substituents is 1. The van der Waals surface area contributed by atoms with Crippen molar-refractivity contribution in [3.05, 3.63) is 22.7 Å². The van der Waals surface area contributed by atoms with E-state index in [1.807, 2.05) is 6.07 Å². The molecule has 1 fully saturated rings. The molecule has 1 aromatic rings. The van der Waals surface area contributed by atoms with Crippen molar-refractivity contribution in [2.75, 3.05) is 20.2 Å². The summed E-state index contributed by atoms with van der Waals surface area (Å²) in [6, 6.07) is 3.47. The lowest BCUT2D eigenvalue weighted by Crippen LogP contribution is -2.37. The van der Waals surface area contributed by atoms with Crippen LogP contribution in [0.1, 0.15) is 39.2 Å². The number of benzene rings is 1. The number of likely N-dealkylation sites (tertiary alicyclic amines) is 1. The van der Waals surface area contributed by atoms with Crippen LogP contribution < -0.4 is 4.74 Å². The van der Waals surface area contributed by atoms with E-state index in [1.165, 1.54) is 12.8 Å². The normalized spacial score (nSPS) is 18.0. The Morgan fingerprint density at radius 2 is 1.90 bits per heavy atom. The second kappa shape index (κ2) is 6.45. The van der Waals surface area contributed by atoms with Crippen LogP contribution >= 0.6 is 11.6 Å². The summed E-state index contributed by atoms with van der Waals surface area (Å²) in [5.74, 6) is 1.43. The molecule has 0 spiro atoms. The SMILES string of the molecule is COc1cc(Cl)cc(CN2CCC(C(C)(C)C)CC2)c1O. The Hall–Kier alpha value is -0.930. The van der Waals surface area contributed by atoms with Crippen LogP contribution in [0, 0.1) is 11.3 Å². The van der Waals surface area contributed by atoms with Gasteiger partial charge in [-0.2, -0.15) is 0 Å². The molecule has 0 amide bonds. The van der Waals surface area contributed by atoms with Gasteiger partial charge >= 0.3 is 0 Å². The summed E-state index contributed by atoms with van der Waals surface area (Å²) in [5.41, 5.74) is 1.22. The summed E-state index contributed by atoms with van der Waals surface area (Å²) >= 11 is 6.09. The molecule has 0 unspecified atom stereocenters. The third-order valence-electron chi connectivity index (χ3n) is 4.54. The van der Waals surface area contributed by atoms with Crippen LogP contribution in [0.3, 0.4) is 0 Å². The van der Waals surface area contributed by atoms with Crippen molar-refractivity contribution in [1.29, 1.82) is 0 Å². The molecule has 1 aliphatic heterocycles. The zero-order valence-corrected chi connectivity index (χ0v) is 14.2. The van der Waals surface area contributed by atoms with E-state index >= 15 is 0 Å². The Kier molecular flexibility index (Phi) is 5.05. The molecule has 1 heterocycles. The molecule has 0 saturated carbocycles. The highest BCUT2D eigenvalue weighted by Gasteiger charge is 2.29. The molecule has 0 atom stereocenters. The van der Waals surface area contributed by atoms with Crippen LogP contribution in [0.4, 0.5) is 0 Å². The molecule has 1 N–H and O–H groups in total. The van der Waals surface area contributed by atoms with Crippen LogP contribution in [-0.2, 0) is 6.54 Å². The van der Waals surface area contributed by atoms with Gasteiger partial charge in [0.05, 0.1) is 7.11 Å². The van der Waals surface area contributed by atoms with E-state index in [-0.39, 0.29) is 5.75 Å². The van der Waals surface area contributed by atoms with Crippen LogP contribution in [-0.4, -0.2) is 30.2 Å². The molecule has 0 aromatic heterocycles. The smallest absolute Gasteiger partial charge is 0.162 e. The Morgan fingerprint density at radius 3 is 2.43 bits per heavy atom. The predicted molar refractivity (Wildman–Crippen MR) is 87.1 cm³/mol. The Labute approximate surface area is 132 Å². The van der Waals surface area contributed by atoms with Crippen LogP contribution in [0.5, 0.6) is 11.5 Å². The van der Waals surface area contributed by atoms with E-state index < -0.39 is 0 Å². The fourth-order valence-corrected chi connectivity index (χ4v) is 3.33. The monoisotopic (exact) mass is 311 g/mol. The topological polar surface area (TPSA) is 32.7 Å². The minimum Gasteiger partial charge on any atom is -0.504 e. The van der Waals surface area contributed by atoms with E-state index in [4.69, 9.17) is 16.3 Å².